The van der Waals surface area contributed by atoms with Gasteiger partial charge in [0.15, 0.2) is 0 Å². The molecule has 4 N–H and O–H groups in total. The van der Waals surface area contributed by atoms with E-state index in [2.05, 4.69) is 0 Å². The molecule has 14 heteroatoms. The van der Waals surface area contributed by atoms with Crippen LogP contribution in [0.15, 0.2) is 109 Å². The summed E-state index contributed by atoms with van der Waals surface area (Å²) in [6.07, 6.45) is -1.02. The zero-order valence-electron chi connectivity index (χ0n) is 28.9. The van der Waals surface area contributed by atoms with E-state index in [-0.39, 0.29) is 26.2 Å². The summed E-state index contributed by atoms with van der Waals surface area (Å²) in [6.45, 7) is -1.08. The highest BCUT2D eigenvalue weighted by Crippen LogP contribution is 2.49. The number of nitrogens with zero attached hydrogens (tertiary/aromatic N) is 2. The van der Waals surface area contributed by atoms with Crippen LogP contribution in [0.3, 0.4) is 0 Å². The monoisotopic (exact) mass is 738 g/mol. The van der Waals surface area contributed by atoms with Gasteiger partial charge in [-0.15, -0.1) is 0 Å². The highest BCUT2D eigenvalue weighted by atomic mass is 16.5. The van der Waals surface area contributed by atoms with Gasteiger partial charge in [0, 0.05) is 26.2 Å². The third kappa shape index (κ3) is 9.79. The predicted molar refractivity (Wildman–Crippen MR) is 190 cm³/mol. The van der Waals surface area contributed by atoms with Crippen molar-refractivity contribution in [1.29, 1.82) is 0 Å². The fourth-order valence-electron chi connectivity index (χ4n) is 6.41. The van der Waals surface area contributed by atoms with Gasteiger partial charge in [0.25, 0.3) is 0 Å². The minimum absolute atomic E-state index is 0.180. The molecule has 0 unspecified atom stereocenters. The maximum absolute atomic E-state index is 14.1. The number of aliphatic carboxylic acids is 4. The molecule has 0 radical (unpaired) electrons. The Bertz CT molecular complexity index is 1800. The molecule has 0 spiro atoms. The Labute approximate surface area is 309 Å². The molecule has 5 rings (SSSR count). The Morgan fingerprint density at radius 2 is 0.759 bits per heavy atom. The van der Waals surface area contributed by atoms with Crippen LogP contribution in [0.1, 0.15) is 24.0 Å². The van der Waals surface area contributed by atoms with E-state index in [1.54, 1.807) is 97.1 Å². The van der Waals surface area contributed by atoms with E-state index in [0.29, 0.717) is 34.1 Å². The number of carboxylic acid groups (broad SMARTS) is 4. The normalized spacial score (nSPS) is 17.3. The van der Waals surface area contributed by atoms with E-state index in [4.69, 9.17) is 9.47 Å². The van der Waals surface area contributed by atoms with E-state index in [1.165, 1.54) is 0 Å². The van der Waals surface area contributed by atoms with E-state index < -0.39 is 72.2 Å². The SMILES string of the molecule is O=C(O)CCN(Cc1ccc(Oc2ccccc2)cc1)C(=O)C1C(C(=O)O)C(C(=O)N(CCC(=O)O)Cc2ccc(Oc3ccccc3)cc2)C1C(=O)O. The molecule has 1 saturated carbocycles. The van der Waals surface area contributed by atoms with Gasteiger partial charge in [-0.1, -0.05) is 60.7 Å². The molecular weight excluding hydrogens is 700 g/mol. The van der Waals surface area contributed by atoms with E-state index >= 15 is 0 Å². The molecule has 4 aromatic carbocycles. The number of hydrogen-bond acceptors (Lipinski definition) is 8. The average Bonchev–Trinajstić information content (AvgIpc) is 3.13. The standard InChI is InChI=1S/C40H38N2O12/c43-31(44)19-21-41(23-25-11-15-29(16-12-25)53-27-7-3-1-4-8-27)37(47)33-35(39(49)50)34(36(33)40(51)52)38(48)42(22-20-32(45)46)24-26-13-17-30(18-14-26)54-28-9-5-2-6-10-28/h1-18,33-36H,19-24H2,(H,43,44)(H,45,46)(H,49,50)(H,51,52). The van der Waals surface area contributed by atoms with Crippen LogP contribution in [-0.4, -0.2) is 79.0 Å². The van der Waals surface area contributed by atoms with Gasteiger partial charge in [-0.3, -0.25) is 28.8 Å². The van der Waals surface area contributed by atoms with Crippen LogP contribution in [0.25, 0.3) is 0 Å². The fraction of sp³-hybridized carbons (Fsp3) is 0.250. The van der Waals surface area contributed by atoms with Crippen molar-refractivity contribution in [3.63, 3.8) is 0 Å². The molecule has 4 aromatic rings. The Morgan fingerprint density at radius 1 is 0.444 bits per heavy atom. The van der Waals surface area contributed by atoms with E-state index in [1.807, 2.05) is 12.1 Å². The van der Waals surface area contributed by atoms with Crippen LogP contribution in [0.5, 0.6) is 23.0 Å². The number of hydrogen-bond donors (Lipinski definition) is 4. The minimum atomic E-state index is -1.78. The summed E-state index contributed by atoms with van der Waals surface area (Å²) < 4.78 is 11.6. The molecule has 1 aliphatic rings. The van der Waals surface area contributed by atoms with Crippen LogP contribution in [-0.2, 0) is 41.9 Å². The van der Waals surface area contributed by atoms with Crippen LogP contribution < -0.4 is 9.47 Å². The molecule has 280 valence electrons. The quantitative estimate of drug-likeness (QED) is 0.104. The van der Waals surface area contributed by atoms with Crippen molar-refractivity contribution in [3.8, 4) is 23.0 Å². The minimum Gasteiger partial charge on any atom is -0.481 e. The zero-order valence-corrected chi connectivity index (χ0v) is 28.9. The molecule has 2 amide bonds. The predicted octanol–water partition coefficient (Wildman–Crippen LogP) is 5.23. The molecule has 0 bridgehead atoms. The summed E-state index contributed by atoms with van der Waals surface area (Å²) in [6, 6.07) is 31.0. The zero-order chi connectivity index (χ0) is 38.8. The molecule has 0 atom stereocenters. The summed E-state index contributed by atoms with van der Waals surface area (Å²) in [5.74, 6) is -12.4. The van der Waals surface area contributed by atoms with Crippen LogP contribution in [0.4, 0.5) is 0 Å². The van der Waals surface area contributed by atoms with Crippen molar-refractivity contribution in [2.75, 3.05) is 13.1 Å². The van der Waals surface area contributed by atoms with Crippen molar-refractivity contribution in [2.24, 2.45) is 23.7 Å². The summed E-state index contributed by atoms with van der Waals surface area (Å²) in [4.78, 5) is 78.7. The third-order valence-corrected chi connectivity index (χ3v) is 9.05. The number of amides is 2. The number of ether oxygens (including phenoxy) is 2. The first-order valence-electron chi connectivity index (χ1n) is 17.0. The van der Waals surface area contributed by atoms with Gasteiger partial charge in [0.2, 0.25) is 11.8 Å². The fourth-order valence-corrected chi connectivity index (χ4v) is 6.41. The molecule has 1 fully saturated rings. The van der Waals surface area contributed by atoms with Gasteiger partial charge in [-0.05, 0) is 59.7 Å². The Hall–Kier alpha value is -6.70. The van der Waals surface area contributed by atoms with E-state index in [9.17, 15) is 49.2 Å². The second-order valence-electron chi connectivity index (χ2n) is 12.7. The molecular formula is C40H38N2O12. The summed E-state index contributed by atoms with van der Waals surface area (Å²) in [5.41, 5.74) is 1.06. The molecule has 0 saturated heterocycles. The lowest BCUT2D eigenvalue weighted by molar-refractivity contribution is -0.188. The molecule has 14 nitrogen and oxygen atoms in total. The van der Waals surface area contributed by atoms with Crippen LogP contribution in [0.2, 0.25) is 0 Å². The Kier molecular flexibility index (Phi) is 12.6. The number of para-hydroxylation sites is 2. The molecule has 1 aliphatic carbocycles. The molecule has 0 heterocycles. The van der Waals surface area contributed by atoms with Crippen molar-refractivity contribution >= 4 is 35.7 Å². The second kappa shape index (κ2) is 17.7. The average molecular weight is 739 g/mol. The van der Waals surface area contributed by atoms with E-state index in [0.717, 1.165) is 9.80 Å². The first kappa shape index (κ1) is 38.5. The lowest BCUT2D eigenvalue weighted by Crippen LogP contribution is -2.64. The first-order chi connectivity index (χ1) is 25.9. The number of carbonyl (C=O) groups excluding carboxylic acids is 2. The molecule has 0 aromatic heterocycles. The first-order valence-corrected chi connectivity index (χ1v) is 17.0. The van der Waals surface area contributed by atoms with Crippen molar-refractivity contribution in [2.45, 2.75) is 25.9 Å². The molecule has 0 aliphatic heterocycles. The molecule has 54 heavy (non-hydrogen) atoms. The van der Waals surface area contributed by atoms with Gasteiger partial charge in [-0.25, -0.2) is 0 Å². The maximum atomic E-state index is 14.1. The van der Waals surface area contributed by atoms with Gasteiger partial charge < -0.3 is 39.7 Å². The number of carbonyl (C=O) groups is 6. The largest absolute Gasteiger partial charge is 0.481 e. The van der Waals surface area contributed by atoms with Crippen molar-refractivity contribution < 1.29 is 58.7 Å². The van der Waals surface area contributed by atoms with Crippen LogP contribution >= 0.6 is 0 Å². The Morgan fingerprint density at radius 3 is 1.06 bits per heavy atom. The number of rotatable bonds is 18. The van der Waals surface area contributed by atoms with Crippen molar-refractivity contribution in [1.82, 2.24) is 9.80 Å². The van der Waals surface area contributed by atoms with Crippen LogP contribution in [0, 0.1) is 23.7 Å². The van der Waals surface area contributed by atoms with Crippen molar-refractivity contribution in [3.05, 3.63) is 120 Å². The summed E-state index contributed by atoms with van der Waals surface area (Å²) >= 11 is 0. The van der Waals surface area contributed by atoms with Gasteiger partial charge in [0.1, 0.15) is 23.0 Å². The summed E-state index contributed by atoms with van der Waals surface area (Å²) in [5, 5.41) is 39.4. The number of benzene rings is 4. The van der Waals surface area contributed by atoms with Gasteiger partial charge >= 0.3 is 23.9 Å². The second-order valence-corrected chi connectivity index (χ2v) is 12.7. The number of carboxylic acids is 4. The van der Waals surface area contributed by atoms with Gasteiger partial charge in [-0.2, -0.15) is 0 Å². The third-order valence-electron chi connectivity index (χ3n) is 9.05. The topological polar surface area (TPSA) is 208 Å². The lowest BCUT2D eigenvalue weighted by atomic mass is 9.55. The maximum Gasteiger partial charge on any atom is 0.308 e. The summed E-state index contributed by atoms with van der Waals surface area (Å²) in [7, 11) is 0. The highest BCUT2D eigenvalue weighted by Gasteiger charge is 2.64. The highest BCUT2D eigenvalue weighted by molar-refractivity contribution is 5.99. The smallest absolute Gasteiger partial charge is 0.308 e. The van der Waals surface area contributed by atoms with Gasteiger partial charge in [0.05, 0.1) is 36.5 Å². The lowest BCUT2D eigenvalue weighted by Gasteiger charge is -2.48. The Balaban J connectivity index is 1.36.